The first-order valence-corrected chi connectivity index (χ1v) is 7.33. The zero-order valence-electron chi connectivity index (χ0n) is 11.6. The van der Waals surface area contributed by atoms with E-state index in [0.717, 1.165) is 16.3 Å². The summed E-state index contributed by atoms with van der Waals surface area (Å²) in [6.45, 7) is 2.47. The molecule has 0 aliphatic heterocycles. The molecule has 0 aliphatic rings. The van der Waals surface area contributed by atoms with Crippen LogP contribution in [0.2, 0.25) is 0 Å². The molecular formula is C15H18N2O2S. The molecule has 2 aromatic rings. The molecule has 106 valence electrons. The van der Waals surface area contributed by atoms with Crippen molar-refractivity contribution in [3.05, 3.63) is 52.0 Å². The zero-order valence-corrected chi connectivity index (χ0v) is 12.4. The lowest BCUT2D eigenvalue weighted by atomic mass is 10.1. The van der Waals surface area contributed by atoms with Crippen molar-refractivity contribution in [3.63, 3.8) is 0 Å². The monoisotopic (exact) mass is 290 g/mol. The standard InChI is InChI=1S/C15H18N2O2S/c1-11(12-6-4-3-5-7-12)16-14(18)8-13-10-20-15(17-13)9-19-2/h3-7,10-11H,8-9H2,1-2H3,(H,16,18). The van der Waals surface area contributed by atoms with Gasteiger partial charge in [-0.05, 0) is 12.5 Å². The Morgan fingerprint density at radius 3 is 2.85 bits per heavy atom. The van der Waals surface area contributed by atoms with Gasteiger partial charge in [-0.1, -0.05) is 30.3 Å². The molecule has 1 amide bonds. The second-order valence-electron chi connectivity index (χ2n) is 4.54. The maximum absolute atomic E-state index is 12.0. The van der Waals surface area contributed by atoms with Gasteiger partial charge in [0.2, 0.25) is 5.91 Å². The number of nitrogens with zero attached hydrogens (tertiary/aromatic N) is 1. The number of methoxy groups -OCH3 is 1. The van der Waals surface area contributed by atoms with Crippen LogP contribution in [0.25, 0.3) is 0 Å². The smallest absolute Gasteiger partial charge is 0.226 e. The highest BCUT2D eigenvalue weighted by molar-refractivity contribution is 7.09. The number of benzene rings is 1. The van der Waals surface area contributed by atoms with E-state index in [1.807, 2.05) is 42.6 Å². The lowest BCUT2D eigenvalue weighted by molar-refractivity contribution is -0.121. The maximum atomic E-state index is 12.0. The highest BCUT2D eigenvalue weighted by Crippen LogP contribution is 2.13. The fourth-order valence-corrected chi connectivity index (χ4v) is 2.67. The van der Waals surface area contributed by atoms with Crippen LogP contribution in [0.5, 0.6) is 0 Å². The lowest BCUT2D eigenvalue weighted by Crippen LogP contribution is -2.28. The summed E-state index contributed by atoms with van der Waals surface area (Å²) in [5.74, 6) is -0.0179. The molecule has 1 unspecified atom stereocenters. The summed E-state index contributed by atoms with van der Waals surface area (Å²) in [4.78, 5) is 16.3. The topological polar surface area (TPSA) is 51.2 Å². The quantitative estimate of drug-likeness (QED) is 0.890. The van der Waals surface area contributed by atoms with Crippen LogP contribution in [0.1, 0.15) is 29.2 Å². The minimum atomic E-state index is -0.0179. The van der Waals surface area contributed by atoms with Crippen molar-refractivity contribution in [2.24, 2.45) is 0 Å². The van der Waals surface area contributed by atoms with Crippen LogP contribution in [0.3, 0.4) is 0 Å². The van der Waals surface area contributed by atoms with Crippen molar-refractivity contribution < 1.29 is 9.53 Å². The molecule has 0 radical (unpaired) electrons. The summed E-state index contributed by atoms with van der Waals surface area (Å²) in [7, 11) is 1.63. The van der Waals surface area contributed by atoms with Crippen LogP contribution < -0.4 is 5.32 Å². The molecule has 0 spiro atoms. The number of aromatic nitrogens is 1. The van der Waals surface area contributed by atoms with E-state index in [0.29, 0.717) is 13.0 Å². The summed E-state index contributed by atoms with van der Waals surface area (Å²) in [5.41, 5.74) is 1.89. The molecule has 1 atom stereocenters. The van der Waals surface area contributed by atoms with E-state index in [9.17, 15) is 4.79 Å². The van der Waals surface area contributed by atoms with Gasteiger partial charge in [0, 0.05) is 12.5 Å². The Bertz CT molecular complexity index is 554. The third-order valence-corrected chi connectivity index (χ3v) is 3.76. The summed E-state index contributed by atoms with van der Waals surface area (Å²) in [5, 5.41) is 5.78. The second kappa shape index (κ2) is 7.17. The molecule has 1 aromatic carbocycles. The maximum Gasteiger partial charge on any atom is 0.226 e. The molecule has 1 heterocycles. The fourth-order valence-electron chi connectivity index (χ4n) is 1.90. The predicted octanol–water partition coefficient (Wildman–Crippen LogP) is 2.71. The van der Waals surface area contributed by atoms with Crippen molar-refractivity contribution in [2.45, 2.75) is 26.0 Å². The average Bonchev–Trinajstić information content (AvgIpc) is 2.87. The zero-order chi connectivity index (χ0) is 14.4. The number of amides is 1. The Labute approximate surface area is 122 Å². The minimum Gasteiger partial charge on any atom is -0.378 e. The molecule has 20 heavy (non-hydrogen) atoms. The molecule has 4 nitrogen and oxygen atoms in total. The molecule has 0 aliphatic carbocycles. The van der Waals surface area contributed by atoms with Crippen LogP contribution in [-0.2, 0) is 22.6 Å². The van der Waals surface area contributed by atoms with E-state index in [1.165, 1.54) is 11.3 Å². The molecule has 0 saturated carbocycles. The minimum absolute atomic E-state index is 0.000723. The third kappa shape index (κ3) is 4.15. The van der Waals surface area contributed by atoms with Crippen LogP contribution >= 0.6 is 11.3 Å². The number of hydrogen-bond donors (Lipinski definition) is 1. The molecule has 2 rings (SSSR count). The normalized spacial score (nSPS) is 12.1. The number of rotatable bonds is 6. The number of carbonyl (C=O) groups excluding carboxylic acids is 1. The number of nitrogens with one attached hydrogen (secondary N) is 1. The van der Waals surface area contributed by atoms with Crippen LogP contribution in [0, 0.1) is 0 Å². The predicted molar refractivity (Wildman–Crippen MR) is 79.5 cm³/mol. The molecule has 0 saturated heterocycles. The SMILES string of the molecule is COCc1nc(CC(=O)NC(C)c2ccccc2)cs1. The van der Waals surface area contributed by atoms with Gasteiger partial charge in [0.05, 0.1) is 24.8 Å². The second-order valence-corrected chi connectivity index (χ2v) is 5.48. The first kappa shape index (κ1) is 14.7. The Kier molecular flexibility index (Phi) is 5.26. The largest absolute Gasteiger partial charge is 0.378 e. The first-order valence-electron chi connectivity index (χ1n) is 6.45. The summed E-state index contributed by atoms with van der Waals surface area (Å²) < 4.78 is 5.02. The van der Waals surface area contributed by atoms with E-state index in [2.05, 4.69) is 10.3 Å². The van der Waals surface area contributed by atoms with Gasteiger partial charge in [-0.15, -0.1) is 11.3 Å². The molecule has 0 bridgehead atoms. The summed E-state index contributed by atoms with van der Waals surface area (Å²) >= 11 is 1.52. The van der Waals surface area contributed by atoms with Gasteiger partial charge in [0.15, 0.2) is 0 Å². The van der Waals surface area contributed by atoms with Gasteiger partial charge in [-0.3, -0.25) is 4.79 Å². The van der Waals surface area contributed by atoms with E-state index in [-0.39, 0.29) is 11.9 Å². The van der Waals surface area contributed by atoms with Crippen molar-refractivity contribution in [1.82, 2.24) is 10.3 Å². The number of ether oxygens (including phenoxy) is 1. The highest BCUT2D eigenvalue weighted by Gasteiger charge is 2.11. The van der Waals surface area contributed by atoms with Gasteiger partial charge < -0.3 is 10.1 Å². The number of thiazole rings is 1. The summed E-state index contributed by atoms with van der Waals surface area (Å²) in [6, 6.07) is 9.91. The molecular weight excluding hydrogens is 272 g/mol. The van der Waals surface area contributed by atoms with E-state index in [4.69, 9.17) is 4.74 Å². The highest BCUT2D eigenvalue weighted by atomic mass is 32.1. The lowest BCUT2D eigenvalue weighted by Gasteiger charge is -2.13. The molecule has 1 aromatic heterocycles. The number of hydrogen-bond acceptors (Lipinski definition) is 4. The number of carbonyl (C=O) groups is 1. The Morgan fingerprint density at radius 1 is 1.40 bits per heavy atom. The van der Waals surface area contributed by atoms with Gasteiger partial charge in [-0.2, -0.15) is 0 Å². The first-order chi connectivity index (χ1) is 9.69. The van der Waals surface area contributed by atoms with E-state index in [1.54, 1.807) is 7.11 Å². The Hall–Kier alpha value is -1.72. The van der Waals surface area contributed by atoms with Crippen molar-refractivity contribution in [3.8, 4) is 0 Å². The van der Waals surface area contributed by atoms with Crippen LogP contribution in [0.15, 0.2) is 35.7 Å². The summed E-state index contributed by atoms with van der Waals surface area (Å²) in [6.07, 6.45) is 0.303. The van der Waals surface area contributed by atoms with Crippen LogP contribution in [0.4, 0.5) is 0 Å². The van der Waals surface area contributed by atoms with E-state index < -0.39 is 0 Å². The van der Waals surface area contributed by atoms with Crippen molar-refractivity contribution in [2.75, 3.05) is 7.11 Å². The molecule has 0 fully saturated rings. The van der Waals surface area contributed by atoms with Crippen molar-refractivity contribution in [1.29, 1.82) is 0 Å². The van der Waals surface area contributed by atoms with Crippen LogP contribution in [-0.4, -0.2) is 18.0 Å². The Morgan fingerprint density at radius 2 is 2.15 bits per heavy atom. The molecule has 5 heteroatoms. The van der Waals surface area contributed by atoms with Gasteiger partial charge in [0.1, 0.15) is 5.01 Å². The van der Waals surface area contributed by atoms with E-state index >= 15 is 0 Å². The van der Waals surface area contributed by atoms with Gasteiger partial charge in [-0.25, -0.2) is 4.98 Å². The fraction of sp³-hybridized carbons (Fsp3) is 0.333. The third-order valence-electron chi connectivity index (χ3n) is 2.89. The Balaban J connectivity index is 1.88. The van der Waals surface area contributed by atoms with Crippen molar-refractivity contribution >= 4 is 17.2 Å². The van der Waals surface area contributed by atoms with Gasteiger partial charge in [0.25, 0.3) is 0 Å². The average molecular weight is 290 g/mol. The van der Waals surface area contributed by atoms with Gasteiger partial charge >= 0.3 is 0 Å². The molecule has 1 N–H and O–H groups in total.